The Morgan fingerprint density at radius 2 is 1.95 bits per heavy atom. The Morgan fingerprint density at radius 3 is 2.63 bits per heavy atom. The highest BCUT2D eigenvalue weighted by Gasteiger charge is 2.09. The summed E-state index contributed by atoms with van der Waals surface area (Å²) >= 11 is 0. The molecule has 0 saturated carbocycles. The molecule has 19 heavy (non-hydrogen) atoms. The fraction of sp³-hybridized carbons (Fsp3) is 0.643. The summed E-state index contributed by atoms with van der Waals surface area (Å²) in [5.74, 6) is 0.404. The van der Waals surface area contributed by atoms with Gasteiger partial charge in [0.2, 0.25) is 5.95 Å². The van der Waals surface area contributed by atoms with Crippen molar-refractivity contribution >= 4 is 11.9 Å². The average Bonchev–Trinajstić information content (AvgIpc) is 2.40. The average molecular weight is 264 g/mol. The highest BCUT2D eigenvalue weighted by Crippen LogP contribution is 2.05. The number of unbranched alkanes of at least 4 members (excludes halogenated alkanes) is 2. The maximum Gasteiger partial charge on any atom is 0.270 e. The maximum atomic E-state index is 11.9. The summed E-state index contributed by atoms with van der Waals surface area (Å²) in [7, 11) is 0. The summed E-state index contributed by atoms with van der Waals surface area (Å²) in [6, 6.07) is 1.71. The van der Waals surface area contributed by atoms with Crippen LogP contribution in [-0.4, -0.2) is 29.0 Å². The van der Waals surface area contributed by atoms with Gasteiger partial charge < -0.3 is 10.6 Å². The van der Waals surface area contributed by atoms with Crippen molar-refractivity contribution in [3.05, 3.63) is 17.5 Å². The molecule has 0 saturated heterocycles. The molecule has 0 aromatic carbocycles. The van der Waals surface area contributed by atoms with Gasteiger partial charge in [0.1, 0.15) is 5.69 Å². The molecule has 1 aromatic rings. The van der Waals surface area contributed by atoms with Crippen LogP contribution in [0.5, 0.6) is 0 Å². The Kier molecular flexibility index (Phi) is 6.85. The van der Waals surface area contributed by atoms with E-state index in [1.807, 2.05) is 13.8 Å². The van der Waals surface area contributed by atoms with Crippen molar-refractivity contribution < 1.29 is 4.79 Å². The predicted octanol–water partition coefficient (Wildman–Crippen LogP) is 2.53. The van der Waals surface area contributed by atoms with Gasteiger partial charge in [0.25, 0.3) is 5.91 Å². The van der Waals surface area contributed by atoms with Crippen molar-refractivity contribution in [1.82, 2.24) is 15.3 Å². The Labute approximate surface area is 115 Å². The minimum absolute atomic E-state index is 0.135. The number of hydrogen-bond acceptors (Lipinski definition) is 4. The Hall–Kier alpha value is -1.65. The number of aromatic nitrogens is 2. The van der Waals surface area contributed by atoms with Crippen LogP contribution in [0.3, 0.4) is 0 Å². The molecule has 5 heteroatoms. The van der Waals surface area contributed by atoms with E-state index < -0.39 is 0 Å². The number of carbonyl (C=O) groups is 1. The van der Waals surface area contributed by atoms with E-state index in [0.717, 1.165) is 25.1 Å². The molecule has 106 valence electrons. The van der Waals surface area contributed by atoms with Crippen molar-refractivity contribution in [2.45, 2.75) is 46.5 Å². The number of nitrogens with zero attached hydrogens (tertiary/aromatic N) is 2. The van der Waals surface area contributed by atoms with E-state index in [0.29, 0.717) is 18.2 Å². The van der Waals surface area contributed by atoms with Crippen LogP contribution in [0, 0.1) is 6.92 Å². The van der Waals surface area contributed by atoms with Gasteiger partial charge in [0.15, 0.2) is 0 Å². The molecule has 1 amide bonds. The second-order valence-electron chi connectivity index (χ2n) is 4.61. The molecular weight excluding hydrogens is 240 g/mol. The maximum absolute atomic E-state index is 11.9. The van der Waals surface area contributed by atoms with Gasteiger partial charge in [-0.05, 0) is 25.8 Å². The van der Waals surface area contributed by atoms with Crippen LogP contribution in [-0.2, 0) is 0 Å². The van der Waals surface area contributed by atoms with Crippen LogP contribution in [0.25, 0.3) is 0 Å². The smallest absolute Gasteiger partial charge is 0.270 e. The number of anilines is 1. The molecule has 0 bridgehead atoms. The highest BCUT2D eigenvalue weighted by atomic mass is 16.1. The molecule has 0 atom stereocenters. The van der Waals surface area contributed by atoms with Gasteiger partial charge in [-0.25, -0.2) is 9.97 Å². The number of rotatable bonds is 8. The van der Waals surface area contributed by atoms with Crippen molar-refractivity contribution in [2.24, 2.45) is 0 Å². The summed E-state index contributed by atoms with van der Waals surface area (Å²) in [6.45, 7) is 7.57. The zero-order valence-electron chi connectivity index (χ0n) is 12.1. The molecule has 0 radical (unpaired) electrons. The molecule has 0 spiro atoms. The molecular formula is C14H24N4O. The molecule has 1 aromatic heterocycles. The first-order valence-corrected chi connectivity index (χ1v) is 7.05. The number of hydrogen-bond donors (Lipinski definition) is 2. The highest BCUT2D eigenvalue weighted by molar-refractivity contribution is 5.92. The molecule has 5 nitrogen and oxygen atoms in total. The Balaban J connectivity index is 2.62. The van der Waals surface area contributed by atoms with Gasteiger partial charge in [-0.1, -0.05) is 26.7 Å². The van der Waals surface area contributed by atoms with Crippen LogP contribution in [0.1, 0.15) is 55.7 Å². The van der Waals surface area contributed by atoms with E-state index in [2.05, 4.69) is 27.5 Å². The van der Waals surface area contributed by atoms with Crippen LogP contribution < -0.4 is 10.6 Å². The van der Waals surface area contributed by atoms with Crippen LogP contribution >= 0.6 is 0 Å². The third-order valence-electron chi connectivity index (χ3n) is 2.69. The fourth-order valence-electron chi connectivity index (χ4n) is 1.67. The third-order valence-corrected chi connectivity index (χ3v) is 2.69. The summed E-state index contributed by atoms with van der Waals surface area (Å²) in [5, 5.41) is 5.99. The Bertz CT molecular complexity index is 406. The van der Waals surface area contributed by atoms with Gasteiger partial charge in [-0.2, -0.15) is 0 Å². The normalized spacial score (nSPS) is 10.3. The largest absolute Gasteiger partial charge is 0.354 e. The summed E-state index contributed by atoms with van der Waals surface area (Å²) < 4.78 is 0. The lowest BCUT2D eigenvalue weighted by Crippen LogP contribution is -2.25. The van der Waals surface area contributed by atoms with Crippen molar-refractivity contribution in [2.75, 3.05) is 18.4 Å². The molecule has 1 heterocycles. The van der Waals surface area contributed by atoms with E-state index in [9.17, 15) is 4.79 Å². The fourth-order valence-corrected chi connectivity index (χ4v) is 1.67. The van der Waals surface area contributed by atoms with Crippen LogP contribution in [0.4, 0.5) is 5.95 Å². The van der Waals surface area contributed by atoms with Gasteiger partial charge >= 0.3 is 0 Å². The molecule has 0 unspecified atom stereocenters. The lowest BCUT2D eigenvalue weighted by atomic mass is 10.2. The molecule has 1 rings (SSSR count). The molecule has 0 aliphatic carbocycles. The SMILES string of the molecule is CCCCCNc1nc(C)cc(C(=O)NCCC)n1. The zero-order valence-corrected chi connectivity index (χ0v) is 12.1. The number of nitrogens with one attached hydrogen (secondary N) is 2. The molecule has 0 aliphatic heterocycles. The second-order valence-corrected chi connectivity index (χ2v) is 4.61. The summed E-state index contributed by atoms with van der Waals surface area (Å²) in [4.78, 5) is 20.4. The minimum Gasteiger partial charge on any atom is -0.354 e. The van der Waals surface area contributed by atoms with E-state index in [4.69, 9.17) is 0 Å². The summed E-state index contributed by atoms with van der Waals surface area (Å²) in [5.41, 5.74) is 1.23. The van der Waals surface area contributed by atoms with Crippen molar-refractivity contribution in [3.63, 3.8) is 0 Å². The first kappa shape index (κ1) is 15.4. The zero-order chi connectivity index (χ0) is 14.1. The minimum atomic E-state index is -0.135. The van der Waals surface area contributed by atoms with Gasteiger partial charge in [0, 0.05) is 18.8 Å². The molecule has 2 N–H and O–H groups in total. The first-order valence-electron chi connectivity index (χ1n) is 7.05. The number of carbonyl (C=O) groups excluding carboxylic acids is 1. The molecule has 0 aliphatic rings. The van der Waals surface area contributed by atoms with E-state index in [1.165, 1.54) is 12.8 Å². The number of aryl methyl sites for hydroxylation is 1. The van der Waals surface area contributed by atoms with E-state index in [-0.39, 0.29) is 5.91 Å². The molecule has 0 fully saturated rings. The summed E-state index contributed by atoms with van der Waals surface area (Å²) in [6.07, 6.45) is 4.37. The number of amides is 1. The topological polar surface area (TPSA) is 66.9 Å². The first-order chi connectivity index (χ1) is 9.17. The van der Waals surface area contributed by atoms with Gasteiger partial charge in [-0.15, -0.1) is 0 Å². The predicted molar refractivity (Wildman–Crippen MR) is 77.4 cm³/mol. The third kappa shape index (κ3) is 5.68. The lowest BCUT2D eigenvalue weighted by molar-refractivity contribution is 0.0948. The lowest BCUT2D eigenvalue weighted by Gasteiger charge is -2.08. The standard InChI is InChI=1S/C14H24N4O/c1-4-6-7-9-16-14-17-11(3)10-12(18-14)13(19)15-8-5-2/h10H,4-9H2,1-3H3,(H,15,19)(H,16,17,18). The van der Waals surface area contributed by atoms with E-state index in [1.54, 1.807) is 6.07 Å². The van der Waals surface area contributed by atoms with Crippen LogP contribution in [0.15, 0.2) is 6.07 Å². The van der Waals surface area contributed by atoms with Crippen LogP contribution in [0.2, 0.25) is 0 Å². The van der Waals surface area contributed by atoms with Crippen molar-refractivity contribution in [3.8, 4) is 0 Å². The van der Waals surface area contributed by atoms with Gasteiger partial charge in [-0.3, -0.25) is 4.79 Å². The van der Waals surface area contributed by atoms with Gasteiger partial charge in [0.05, 0.1) is 0 Å². The second kappa shape index (κ2) is 8.45. The Morgan fingerprint density at radius 1 is 1.16 bits per heavy atom. The monoisotopic (exact) mass is 264 g/mol. The van der Waals surface area contributed by atoms with E-state index >= 15 is 0 Å². The van der Waals surface area contributed by atoms with Crippen molar-refractivity contribution in [1.29, 1.82) is 0 Å². The quantitative estimate of drug-likeness (QED) is 0.708.